The molecule has 3 aromatic rings. The van der Waals surface area contributed by atoms with Crippen LogP contribution in [-0.4, -0.2) is 43.2 Å². The first-order valence-electron chi connectivity index (χ1n) is 13.6. The second kappa shape index (κ2) is 8.77. The fourth-order valence-electron chi connectivity index (χ4n) is 6.65. The van der Waals surface area contributed by atoms with E-state index in [1.807, 2.05) is 29.8 Å². The molecule has 1 fully saturated rings. The number of fused-ring (bicyclic) bond motifs is 3. The maximum Gasteiger partial charge on any atom is 0.494 e. The van der Waals surface area contributed by atoms with Gasteiger partial charge < -0.3 is 14.4 Å². The van der Waals surface area contributed by atoms with Gasteiger partial charge in [0, 0.05) is 23.1 Å². The summed E-state index contributed by atoms with van der Waals surface area (Å²) in [6.07, 6.45) is 5.50. The fraction of sp³-hybridized carbons (Fsp3) is 0.467. The summed E-state index contributed by atoms with van der Waals surface area (Å²) >= 11 is 0. The highest BCUT2D eigenvalue weighted by Gasteiger charge is 2.53. The number of nitrogens with zero attached hydrogens (tertiary/aromatic N) is 5. The molecule has 1 aromatic carbocycles. The van der Waals surface area contributed by atoms with Crippen molar-refractivity contribution in [3.8, 4) is 17.1 Å². The van der Waals surface area contributed by atoms with Crippen molar-refractivity contribution in [3.05, 3.63) is 77.0 Å². The summed E-state index contributed by atoms with van der Waals surface area (Å²) in [7, 11) is -0.442. The zero-order valence-corrected chi connectivity index (χ0v) is 23.4. The van der Waals surface area contributed by atoms with Crippen molar-refractivity contribution in [2.24, 2.45) is 11.8 Å². The maximum atomic E-state index is 10.8. The van der Waals surface area contributed by atoms with Crippen LogP contribution >= 0.6 is 0 Å². The minimum atomic E-state index is -0.442. The predicted molar refractivity (Wildman–Crippen MR) is 150 cm³/mol. The molecule has 2 aromatic heterocycles. The Bertz CT molecular complexity index is 1490. The quantitative estimate of drug-likeness (QED) is 0.376. The first kappa shape index (κ1) is 25.8. The van der Waals surface area contributed by atoms with E-state index in [4.69, 9.17) is 21.0 Å². The number of aliphatic hydroxyl groups excluding tert-OH is 1. The molecule has 1 N–H and O–H groups in total. The average molecular weight is 523 g/mol. The Balaban J connectivity index is 1.48. The van der Waals surface area contributed by atoms with Crippen LogP contribution in [0.25, 0.3) is 21.9 Å². The Morgan fingerprint density at radius 3 is 2.38 bits per heavy atom. The van der Waals surface area contributed by atoms with Crippen LogP contribution in [0.1, 0.15) is 65.6 Å². The van der Waals surface area contributed by atoms with Gasteiger partial charge in [0.2, 0.25) is 5.70 Å². The molecule has 3 atom stereocenters. The van der Waals surface area contributed by atoms with Crippen molar-refractivity contribution in [1.29, 1.82) is 0 Å². The lowest BCUT2D eigenvalue weighted by Gasteiger charge is -2.48. The van der Waals surface area contributed by atoms with Crippen molar-refractivity contribution in [1.82, 2.24) is 19.7 Å². The van der Waals surface area contributed by atoms with E-state index in [2.05, 4.69) is 61.6 Å². The van der Waals surface area contributed by atoms with Crippen LogP contribution in [0.15, 0.2) is 54.3 Å². The van der Waals surface area contributed by atoms with Gasteiger partial charge in [-0.05, 0) is 76.5 Å². The smallest absolute Gasteiger partial charge is 0.494 e. The molecule has 1 aliphatic heterocycles. The minimum Gasteiger partial charge on any atom is -0.523 e. The van der Waals surface area contributed by atoms with Gasteiger partial charge in [-0.25, -0.2) is 19.5 Å². The summed E-state index contributed by atoms with van der Waals surface area (Å²) < 4.78 is 14.6. The first-order valence-corrected chi connectivity index (χ1v) is 13.6. The molecule has 39 heavy (non-hydrogen) atoms. The summed E-state index contributed by atoms with van der Waals surface area (Å²) in [5.74, 6) is 0.329. The van der Waals surface area contributed by atoms with Crippen molar-refractivity contribution in [2.45, 2.75) is 77.4 Å². The highest BCUT2D eigenvalue weighted by atomic mass is 16.7. The Morgan fingerprint density at radius 2 is 1.77 bits per heavy atom. The van der Waals surface area contributed by atoms with Crippen LogP contribution in [0.4, 0.5) is 0 Å². The zero-order valence-electron chi connectivity index (χ0n) is 23.4. The van der Waals surface area contributed by atoms with Gasteiger partial charge in [-0.15, -0.1) is 0 Å². The van der Waals surface area contributed by atoms with E-state index in [0.29, 0.717) is 12.1 Å². The molecule has 8 nitrogen and oxygen atoms in total. The molecular formula is C30H34BN5O3. The molecular weight excluding hydrogens is 489 g/mol. The molecule has 3 heterocycles. The van der Waals surface area contributed by atoms with Crippen molar-refractivity contribution >= 4 is 12.6 Å². The van der Waals surface area contributed by atoms with E-state index in [1.54, 1.807) is 12.5 Å². The molecule has 0 unspecified atom stereocenters. The number of benzene rings is 1. The lowest BCUT2D eigenvalue weighted by atomic mass is 9.57. The van der Waals surface area contributed by atoms with E-state index < -0.39 is 18.3 Å². The summed E-state index contributed by atoms with van der Waals surface area (Å²) in [6.45, 7) is 20.2. The maximum absolute atomic E-state index is 10.8. The second-order valence-electron chi connectivity index (χ2n) is 12.3. The topological polar surface area (TPSA) is 86.7 Å². The number of aromatic nitrogens is 4. The Kier molecular flexibility index (Phi) is 5.80. The van der Waals surface area contributed by atoms with E-state index in [-0.39, 0.29) is 23.0 Å². The number of aliphatic hydroxyl groups is 1. The summed E-state index contributed by atoms with van der Waals surface area (Å²) in [4.78, 5) is 12.4. The minimum absolute atomic E-state index is 0.0994. The predicted octanol–water partition coefficient (Wildman–Crippen LogP) is 5.18. The van der Waals surface area contributed by atoms with Gasteiger partial charge in [-0.1, -0.05) is 26.0 Å². The third-order valence-corrected chi connectivity index (χ3v) is 9.54. The van der Waals surface area contributed by atoms with Crippen LogP contribution in [0.5, 0.6) is 0 Å². The van der Waals surface area contributed by atoms with Crippen LogP contribution in [0.2, 0.25) is 0 Å². The van der Waals surface area contributed by atoms with E-state index >= 15 is 0 Å². The van der Waals surface area contributed by atoms with Crippen LogP contribution in [0.3, 0.4) is 0 Å². The van der Waals surface area contributed by atoms with Crippen molar-refractivity contribution < 1.29 is 14.4 Å². The van der Waals surface area contributed by atoms with Crippen molar-refractivity contribution in [2.75, 3.05) is 0 Å². The fourth-order valence-corrected chi connectivity index (χ4v) is 6.65. The largest absolute Gasteiger partial charge is 0.523 e. The van der Waals surface area contributed by atoms with E-state index in [0.717, 1.165) is 46.6 Å². The van der Waals surface area contributed by atoms with Gasteiger partial charge in [0.1, 0.15) is 12.0 Å². The Morgan fingerprint density at radius 1 is 1.08 bits per heavy atom. The molecule has 3 aliphatic rings. The number of allylic oxidation sites excluding steroid dienone is 2. The molecule has 0 spiro atoms. The van der Waals surface area contributed by atoms with Gasteiger partial charge in [0.15, 0.2) is 0 Å². The summed E-state index contributed by atoms with van der Waals surface area (Å²) in [5, 5.41) is 16.0. The van der Waals surface area contributed by atoms with Gasteiger partial charge in [-0.3, -0.25) is 0 Å². The third-order valence-electron chi connectivity index (χ3n) is 9.54. The lowest BCUT2D eigenvalue weighted by molar-refractivity contribution is 0.00578. The molecule has 0 amide bonds. The molecule has 0 radical (unpaired) electrons. The first-order chi connectivity index (χ1) is 18.5. The Hall–Kier alpha value is -3.48. The summed E-state index contributed by atoms with van der Waals surface area (Å²) in [6, 6.07) is 10.1. The zero-order chi connectivity index (χ0) is 27.7. The monoisotopic (exact) mass is 523 g/mol. The molecule has 200 valence electrons. The summed E-state index contributed by atoms with van der Waals surface area (Å²) in [5.41, 5.74) is 4.99. The highest BCUT2D eigenvalue weighted by molar-refractivity contribution is 6.62. The standard InChI is InChI=1S/C30H34BN5O3/c1-18-22-13-12-21-25(23-14-15-33-17-34-23)35-36(27(21)30(22,6)16-24(32-7)26(18)37)20-10-8-19(9-11-20)31-38-28(2,3)29(4,5)39-31/h8-11,14-15,17-18,22,37H,12-13,16H2,1-6H3/t18-,22-,30-/m1/s1. The molecule has 2 aliphatic carbocycles. The van der Waals surface area contributed by atoms with Gasteiger partial charge in [0.25, 0.3) is 0 Å². The normalized spacial score (nSPS) is 27.2. The van der Waals surface area contributed by atoms with Crippen LogP contribution < -0.4 is 5.46 Å². The van der Waals surface area contributed by atoms with Gasteiger partial charge in [0.05, 0.1) is 40.6 Å². The van der Waals surface area contributed by atoms with Crippen molar-refractivity contribution in [3.63, 3.8) is 0 Å². The molecule has 9 heteroatoms. The number of hydrogen-bond donors (Lipinski definition) is 1. The second-order valence-corrected chi connectivity index (χ2v) is 12.3. The van der Waals surface area contributed by atoms with E-state index in [1.165, 1.54) is 0 Å². The molecule has 0 bridgehead atoms. The average Bonchev–Trinajstić information content (AvgIpc) is 3.41. The Labute approximate surface area is 230 Å². The van der Waals surface area contributed by atoms with Gasteiger partial charge >= 0.3 is 7.12 Å². The highest BCUT2D eigenvalue weighted by Crippen LogP contribution is 2.55. The van der Waals surface area contributed by atoms with Crippen LogP contribution in [0, 0.1) is 18.4 Å². The molecule has 0 saturated carbocycles. The lowest BCUT2D eigenvalue weighted by Crippen LogP contribution is -2.45. The molecule has 6 rings (SSSR count). The van der Waals surface area contributed by atoms with E-state index in [9.17, 15) is 5.11 Å². The van der Waals surface area contributed by atoms with Gasteiger partial charge in [-0.2, -0.15) is 5.10 Å². The van der Waals surface area contributed by atoms with Crippen LogP contribution in [-0.2, 0) is 21.1 Å². The third kappa shape index (κ3) is 3.84. The SMILES string of the molecule is [C-]#[N+]C1=C(O)[C@H](C)[C@H]2CCc3c(-c4ccncn4)nn(-c4ccc(B5OC(C)(C)C(C)(C)O5)cc4)c3[C@]2(C)C1. The molecule has 1 saturated heterocycles. The number of rotatable bonds is 3. The number of hydrogen-bond acceptors (Lipinski definition) is 6.